The van der Waals surface area contributed by atoms with Gasteiger partial charge in [0.1, 0.15) is 5.54 Å². The van der Waals surface area contributed by atoms with Crippen LogP contribution >= 0.6 is 11.8 Å². The number of amides is 1. The van der Waals surface area contributed by atoms with Crippen molar-refractivity contribution in [3.05, 3.63) is 0 Å². The van der Waals surface area contributed by atoms with Crippen LogP contribution in [0.25, 0.3) is 0 Å². The van der Waals surface area contributed by atoms with Crippen LogP contribution in [0, 0.1) is 5.92 Å². The van der Waals surface area contributed by atoms with E-state index in [0.717, 1.165) is 12.2 Å². The molecule has 0 spiro atoms. The third-order valence-corrected chi connectivity index (χ3v) is 3.13. The van der Waals surface area contributed by atoms with Crippen LogP contribution in [0.3, 0.4) is 0 Å². The Morgan fingerprint density at radius 1 is 1.54 bits per heavy atom. The van der Waals surface area contributed by atoms with Gasteiger partial charge in [-0.15, -0.1) is 0 Å². The molecule has 1 unspecified atom stereocenters. The molecule has 3 nitrogen and oxygen atoms in total. The average Bonchev–Trinajstić information content (AvgIpc) is 1.97. The van der Waals surface area contributed by atoms with Gasteiger partial charge < -0.3 is 11.5 Å². The summed E-state index contributed by atoms with van der Waals surface area (Å²) in [5.74, 6) is 1.92. The van der Waals surface area contributed by atoms with Crippen molar-refractivity contribution in [1.29, 1.82) is 0 Å². The number of carbonyl (C=O) groups excluding carboxylic acids is 1. The topological polar surface area (TPSA) is 69.1 Å². The predicted octanol–water partition coefficient (Wildman–Crippen LogP) is 0.968. The first-order valence-corrected chi connectivity index (χ1v) is 5.68. The first-order chi connectivity index (χ1) is 5.86. The first-order valence-electron chi connectivity index (χ1n) is 4.53. The largest absolute Gasteiger partial charge is 0.368 e. The highest BCUT2D eigenvalue weighted by Crippen LogP contribution is 2.13. The molecule has 4 heteroatoms. The van der Waals surface area contributed by atoms with E-state index in [4.69, 9.17) is 11.5 Å². The number of rotatable bonds is 6. The lowest BCUT2D eigenvalue weighted by Crippen LogP contribution is -2.51. The summed E-state index contributed by atoms with van der Waals surface area (Å²) in [5.41, 5.74) is 9.96. The smallest absolute Gasteiger partial charge is 0.238 e. The maximum Gasteiger partial charge on any atom is 0.238 e. The van der Waals surface area contributed by atoms with Crippen LogP contribution in [0.4, 0.5) is 0 Å². The number of thioether (sulfide) groups is 1. The minimum Gasteiger partial charge on any atom is -0.368 e. The Labute approximate surface area is 84.6 Å². The van der Waals surface area contributed by atoms with Gasteiger partial charge in [0.25, 0.3) is 0 Å². The van der Waals surface area contributed by atoms with Crippen LogP contribution in [0.15, 0.2) is 0 Å². The van der Waals surface area contributed by atoms with E-state index in [1.165, 1.54) is 0 Å². The lowest BCUT2D eigenvalue weighted by molar-refractivity contribution is -0.121. The van der Waals surface area contributed by atoms with E-state index in [9.17, 15) is 4.79 Å². The normalized spacial score (nSPS) is 15.8. The maximum atomic E-state index is 10.8. The minimum atomic E-state index is -0.859. The van der Waals surface area contributed by atoms with E-state index in [1.54, 1.807) is 18.7 Å². The molecule has 0 radical (unpaired) electrons. The second-order valence-electron chi connectivity index (χ2n) is 4.02. The number of nitrogens with two attached hydrogens (primary N) is 2. The summed E-state index contributed by atoms with van der Waals surface area (Å²) in [6, 6.07) is 0. The zero-order valence-corrected chi connectivity index (χ0v) is 9.49. The molecule has 78 valence electrons. The fourth-order valence-corrected chi connectivity index (χ4v) is 2.02. The minimum absolute atomic E-state index is 0.426. The molecule has 1 amide bonds. The van der Waals surface area contributed by atoms with Crippen LogP contribution in [0.5, 0.6) is 0 Å². The average molecular weight is 204 g/mol. The molecule has 0 bridgehead atoms. The summed E-state index contributed by atoms with van der Waals surface area (Å²) in [7, 11) is 0. The molecule has 0 heterocycles. The van der Waals surface area contributed by atoms with Crippen molar-refractivity contribution >= 4 is 17.7 Å². The van der Waals surface area contributed by atoms with Crippen LogP contribution < -0.4 is 11.5 Å². The van der Waals surface area contributed by atoms with Gasteiger partial charge in [-0.25, -0.2) is 0 Å². The van der Waals surface area contributed by atoms with Crippen molar-refractivity contribution in [2.24, 2.45) is 17.4 Å². The molecule has 0 aromatic heterocycles. The van der Waals surface area contributed by atoms with Gasteiger partial charge >= 0.3 is 0 Å². The van der Waals surface area contributed by atoms with Gasteiger partial charge in [0, 0.05) is 5.75 Å². The van der Waals surface area contributed by atoms with Gasteiger partial charge in [-0.05, 0) is 25.0 Å². The van der Waals surface area contributed by atoms with Crippen molar-refractivity contribution in [3.63, 3.8) is 0 Å². The first kappa shape index (κ1) is 12.8. The molecule has 4 N–H and O–H groups in total. The molecule has 0 aromatic carbocycles. The van der Waals surface area contributed by atoms with Gasteiger partial charge in [-0.3, -0.25) is 4.79 Å². The van der Waals surface area contributed by atoms with Gasteiger partial charge in [0.05, 0.1) is 0 Å². The van der Waals surface area contributed by atoms with E-state index < -0.39 is 11.4 Å². The Balaban J connectivity index is 3.58. The molecule has 1 atom stereocenters. The fraction of sp³-hybridized carbons (Fsp3) is 0.889. The Kier molecular flexibility index (Phi) is 5.40. The van der Waals surface area contributed by atoms with Crippen LogP contribution in [0.2, 0.25) is 0 Å². The molecule has 0 aliphatic carbocycles. The van der Waals surface area contributed by atoms with E-state index in [1.807, 2.05) is 0 Å². The maximum absolute atomic E-state index is 10.8. The lowest BCUT2D eigenvalue weighted by Gasteiger charge is -2.19. The molecule has 0 aliphatic heterocycles. The lowest BCUT2D eigenvalue weighted by atomic mass is 10.1. The van der Waals surface area contributed by atoms with E-state index in [0.29, 0.717) is 11.7 Å². The molecule has 0 rings (SSSR count). The van der Waals surface area contributed by atoms with Crippen molar-refractivity contribution in [2.45, 2.75) is 32.7 Å². The molecule has 0 aromatic rings. The summed E-state index contributed by atoms with van der Waals surface area (Å²) in [6.45, 7) is 6.03. The number of hydrogen-bond donors (Lipinski definition) is 2. The van der Waals surface area contributed by atoms with E-state index in [2.05, 4.69) is 13.8 Å². The molecule has 0 fully saturated rings. The van der Waals surface area contributed by atoms with Crippen molar-refractivity contribution < 1.29 is 4.79 Å². The highest BCUT2D eigenvalue weighted by atomic mass is 32.2. The zero-order chi connectivity index (χ0) is 10.5. The van der Waals surface area contributed by atoms with Gasteiger partial charge in [-0.1, -0.05) is 13.8 Å². The van der Waals surface area contributed by atoms with Crippen molar-refractivity contribution in [3.8, 4) is 0 Å². The second-order valence-corrected chi connectivity index (χ2v) is 5.12. The SMILES string of the molecule is CC(C)CCSCC(C)(N)C(N)=O. The number of carbonyl (C=O) groups is 1. The van der Waals surface area contributed by atoms with Crippen LogP contribution in [-0.2, 0) is 4.79 Å². The monoisotopic (exact) mass is 204 g/mol. The Morgan fingerprint density at radius 2 is 2.08 bits per heavy atom. The number of hydrogen-bond acceptors (Lipinski definition) is 3. The van der Waals surface area contributed by atoms with Gasteiger partial charge in [-0.2, -0.15) is 11.8 Å². The zero-order valence-electron chi connectivity index (χ0n) is 8.67. The highest BCUT2D eigenvalue weighted by Gasteiger charge is 2.24. The summed E-state index contributed by atoms with van der Waals surface area (Å²) in [6.07, 6.45) is 1.15. The van der Waals surface area contributed by atoms with Crippen molar-refractivity contribution in [2.75, 3.05) is 11.5 Å². The molecule has 0 saturated carbocycles. The quantitative estimate of drug-likeness (QED) is 0.633. The summed E-state index contributed by atoms with van der Waals surface area (Å²) >= 11 is 1.69. The summed E-state index contributed by atoms with van der Waals surface area (Å²) in [5, 5.41) is 0. The fourth-order valence-electron chi connectivity index (χ4n) is 0.674. The number of primary amides is 1. The van der Waals surface area contributed by atoms with E-state index >= 15 is 0 Å². The third kappa shape index (κ3) is 5.93. The Morgan fingerprint density at radius 3 is 2.46 bits per heavy atom. The van der Waals surface area contributed by atoms with Gasteiger partial charge in [0.15, 0.2) is 0 Å². The van der Waals surface area contributed by atoms with Gasteiger partial charge in [0.2, 0.25) is 5.91 Å². The molecule has 0 aliphatic rings. The van der Waals surface area contributed by atoms with E-state index in [-0.39, 0.29) is 0 Å². The highest BCUT2D eigenvalue weighted by molar-refractivity contribution is 7.99. The molecule has 0 saturated heterocycles. The standard InChI is InChI=1S/C9H20N2OS/c1-7(2)4-5-13-6-9(3,11)8(10)12/h7H,4-6,11H2,1-3H3,(H2,10,12). The molecular formula is C9H20N2OS. The third-order valence-electron chi connectivity index (χ3n) is 1.80. The second kappa shape index (κ2) is 5.50. The summed E-state index contributed by atoms with van der Waals surface area (Å²) in [4.78, 5) is 10.8. The van der Waals surface area contributed by atoms with Crippen LogP contribution in [0.1, 0.15) is 27.2 Å². The predicted molar refractivity (Wildman–Crippen MR) is 58.6 cm³/mol. The summed E-state index contributed by atoms with van der Waals surface area (Å²) < 4.78 is 0. The van der Waals surface area contributed by atoms with Crippen molar-refractivity contribution in [1.82, 2.24) is 0 Å². The van der Waals surface area contributed by atoms with Crippen LogP contribution in [-0.4, -0.2) is 23.0 Å². The Bertz CT molecular complexity index is 169. The Hall–Kier alpha value is -0.220. The molecular weight excluding hydrogens is 184 g/mol. The molecule has 13 heavy (non-hydrogen) atoms.